The molecular weight excluding hydrogens is 240 g/mol. The molecule has 0 rings (SSSR count). The Morgan fingerprint density at radius 3 is 1.33 bits per heavy atom. The predicted molar refractivity (Wildman–Crippen MR) is 64.5 cm³/mol. The van der Waals surface area contributed by atoms with E-state index in [-0.39, 0.29) is 26.4 Å². The molecule has 106 valence electrons. The van der Waals surface area contributed by atoms with E-state index < -0.39 is 22.8 Å². The number of hydrogen-bond acceptors (Lipinski definition) is 4. The van der Waals surface area contributed by atoms with Gasteiger partial charge in [0.15, 0.2) is 0 Å². The van der Waals surface area contributed by atoms with Gasteiger partial charge in [0.25, 0.3) is 0 Å². The van der Waals surface area contributed by atoms with Crippen LogP contribution >= 0.6 is 0 Å². The second kappa shape index (κ2) is 6.70. The molecule has 18 heavy (non-hydrogen) atoms. The van der Waals surface area contributed by atoms with Gasteiger partial charge in [-0.25, -0.2) is 0 Å². The normalized spacial score (nSPS) is 12.4. The van der Waals surface area contributed by atoms with Gasteiger partial charge in [-0.05, 0) is 27.7 Å². The van der Waals surface area contributed by atoms with Crippen LogP contribution in [0.4, 0.5) is 0 Å². The lowest BCUT2D eigenvalue weighted by molar-refractivity contribution is -0.153. The zero-order valence-corrected chi connectivity index (χ0v) is 11.4. The first kappa shape index (κ1) is 16.9. The van der Waals surface area contributed by atoms with E-state index in [9.17, 15) is 9.59 Å². The predicted octanol–water partition coefficient (Wildman–Crippen LogP) is 1.24. The quantitative estimate of drug-likeness (QED) is 0.607. The lowest BCUT2D eigenvalue weighted by Crippen LogP contribution is -2.31. The number of rotatable bonds is 9. The van der Waals surface area contributed by atoms with Crippen LogP contribution in [0.25, 0.3) is 0 Å². The van der Waals surface area contributed by atoms with Crippen LogP contribution in [0, 0.1) is 10.8 Å². The van der Waals surface area contributed by atoms with E-state index in [1.165, 1.54) is 0 Å². The summed E-state index contributed by atoms with van der Waals surface area (Å²) in [5.74, 6) is -1.84. The molecule has 6 nitrogen and oxygen atoms in total. The molecule has 0 saturated heterocycles. The minimum Gasteiger partial charge on any atom is -0.481 e. The zero-order valence-electron chi connectivity index (χ0n) is 11.4. The summed E-state index contributed by atoms with van der Waals surface area (Å²) in [5.41, 5.74) is -1.86. The number of ether oxygens (including phenoxy) is 2. The van der Waals surface area contributed by atoms with Crippen molar-refractivity contribution in [2.75, 3.05) is 26.4 Å². The Labute approximate surface area is 107 Å². The van der Waals surface area contributed by atoms with Crippen molar-refractivity contribution in [3.63, 3.8) is 0 Å². The number of carboxylic acid groups (broad SMARTS) is 2. The third-order valence-corrected chi connectivity index (χ3v) is 2.46. The molecule has 0 aliphatic rings. The largest absolute Gasteiger partial charge is 0.481 e. The van der Waals surface area contributed by atoms with Gasteiger partial charge in [-0.3, -0.25) is 9.59 Å². The second-order valence-corrected chi connectivity index (χ2v) is 5.48. The van der Waals surface area contributed by atoms with Crippen molar-refractivity contribution >= 4 is 11.9 Å². The highest BCUT2D eigenvalue weighted by molar-refractivity contribution is 5.74. The third kappa shape index (κ3) is 5.97. The van der Waals surface area contributed by atoms with Gasteiger partial charge >= 0.3 is 11.9 Å². The van der Waals surface area contributed by atoms with Crippen molar-refractivity contribution in [1.29, 1.82) is 0 Å². The van der Waals surface area contributed by atoms with Crippen LogP contribution in [0.15, 0.2) is 0 Å². The first-order valence-electron chi connectivity index (χ1n) is 5.72. The number of hydrogen-bond donors (Lipinski definition) is 2. The molecule has 0 atom stereocenters. The number of carboxylic acids is 2. The molecule has 0 bridgehead atoms. The average Bonchev–Trinajstić information content (AvgIpc) is 2.22. The molecule has 0 radical (unpaired) electrons. The fraction of sp³-hybridized carbons (Fsp3) is 0.833. The van der Waals surface area contributed by atoms with Crippen molar-refractivity contribution < 1.29 is 29.3 Å². The average molecular weight is 262 g/mol. The monoisotopic (exact) mass is 262 g/mol. The van der Waals surface area contributed by atoms with Crippen molar-refractivity contribution in [2.24, 2.45) is 10.8 Å². The molecule has 0 aromatic carbocycles. The summed E-state index contributed by atoms with van der Waals surface area (Å²) >= 11 is 0. The highest BCUT2D eigenvalue weighted by Gasteiger charge is 2.28. The molecule has 0 fully saturated rings. The van der Waals surface area contributed by atoms with Crippen LogP contribution in [0.5, 0.6) is 0 Å². The fourth-order valence-corrected chi connectivity index (χ4v) is 0.896. The number of carbonyl (C=O) groups is 2. The molecule has 6 heteroatoms. The van der Waals surface area contributed by atoms with Gasteiger partial charge in [-0.2, -0.15) is 0 Å². The maximum absolute atomic E-state index is 10.8. The Balaban J connectivity index is 3.71. The summed E-state index contributed by atoms with van der Waals surface area (Å²) in [5, 5.41) is 17.7. The van der Waals surface area contributed by atoms with Crippen molar-refractivity contribution in [3.05, 3.63) is 0 Å². The Hall–Kier alpha value is -1.14. The summed E-state index contributed by atoms with van der Waals surface area (Å²) in [6, 6.07) is 0. The summed E-state index contributed by atoms with van der Waals surface area (Å²) < 4.78 is 10.4. The van der Waals surface area contributed by atoms with Crippen molar-refractivity contribution in [1.82, 2.24) is 0 Å². The summed E-state index contributed by atoms with van der Waals surface area (Å²) in [6.45, 7) is 6.96. The van der Waals surface area contributed by atoms with E-state index in [0.29, 0.717) is 0 Å². The minimum absolute atomic E-state index is 0.0913. The van der Waals surface area contributed by atoms with E-state index in [2.05, 4.69) is 0 Å². The van der Waals surface area contributed by atoms with E-state index in [1.54, 1.807) is 27.7 Å². The Bertz CT molecular complexity index is 265. The van der Waals surface area contributed by atoms with Crippen LogP contribution in [0.2, 0.25) is 0 Å². The molecule has 0 saturated carbocycles. The van der Waals surface area contributed by atoms with E-state index >= 15 is 0 Å². The molecular formula is C12H22O6. The smallest absolute Gasteiger partial charge is 0.311 e. The van der Waals surface area contributed by atoms with Crippen molar-refractivity contribution in [2.45, 2.75) is 27.7 Å². The second-order valence-electron chi connectivity index (χ2n) is 5.48. The van der Waals surface area contributed by atoms with Gasteiger partial charge in [-0.1, -0.05) is 0 Å². The van der Waals surface area contributed by atoms with Crippen LogP contribution < -0.4 is 0 Å². The van der Waals surface area contributed by atoms with E-state index in [4.69, 9.17) is 19.7 Å². The summed E-state index contributed by atoms with van der Waals surface area (Å²) in [7, 11) is 0. The Kier molecular flexibility index (Phi) is 6.28. The highest BCUT2D eigenvalue weighted by atomic mass is 16.5. The van der Waals surface area contributed by atoms with Crippen molar-refractivity contribution in [3.8, 4) is 0 Å². The third-order valence-electron chi connectivity index (χ3n) is 2.46. The highest BCUT2D eigenvalue weighted by Crippen LogP contribution is 2.16. The maximum atomic E-state index is 10.8. The Morgan fingerprint density at radius 2 is 1.11 bits per heavy atom. The topological polar surface area (TPSA) is 93.1 Å². The maximum Gasteiger partial charge on any atom is 0.311 e. The molecule has 0 aromatic heterocycles. The standard InChI is InChI=1S/C12H22O6/c1-11(2,9(13)14)7-17-5-6-18-8-12(3,4)10(15)16/h5-8H2,1-4H3,(H,13,14)(H,15,16). The molecule has 0 aliphatic carbocycles. The van der Waals surface area contributed by atoms with Gasteiger partial charge in [-0.15, -0.1) is 0 Å². The lowest BCUT2D eigenvalue weighted by Gasteiger charge is -2.20. The lowest BCUT2D eigenvalue weighted by atomic mass is 9.95. The van der Waals surface area contributed by atoms with E-state index in [1.807, 2.05) is 0 Å². The molecule has 0 spiro atoms. The molecule has 0 aliphatic heterocycles. The Morgan fingerprint density at radius 1 is 0.833 bits per heavy atom. The molecule has 0 amide bonds. The first-order chi connectivity index (χ1) is 8.09. The summed E-state index contributed by atoms with van der Waals surface area (Å²) in [4.78, 5) is 21.5. The fourth-order valence-electron chi connectivity index (χ4n) is 0.896. The van der Waals surface area contributed by atoms with Crippen LogP contribution in [-0.4, -0.2) is 48.6 Å². The number of aliphatic carboxylic acids is 2. The van der Waals surface area contributed by atoms with Crippen LogP contribution in [0.3, 0.4) is 0 Å². The first-order valence-corrected chi connectivity index (χ1v) is 5.72. The molecule has 0 unspecified atom stereocenters. The summed E-state index contributed by atoms with van der Waals surface area (Å²) in [6.07, 6.45) is 0. The van der Waals surface area contributed by atoms with E-state index in [0.717, 1.165) is 0 Å². The van der Waals surface area contributed by atoms with Gasteiger partial charge in [0.2, 0.25) is 0 Å². The molecule has 2 N–H and O–H groups in total. The SMILES string of the molecule is CC(C)(COCCOCC(C)(C)C(=O)O)C(=O)O. The van der Waals surface area contributed by atoms with Crippen LogP contribution in [-0.2, 0) is 19.1 Å². The molecule has 0 aromatic rings. The van der Waals surface area contributed by atoms with Gasteiger partial charge < -0.3 is 19.7 Å². The van der Waals surface area contributed by atoms with Gasteiger partial charge in [0.1, 0.15) is 0 Å². The van der Waals surface area contributed by atoms with Crippen LogP contribution in [0.1, 0.15) is 27.7 Å². The zero-order chi connectivity index (χ0) is 14.4. The van der Waals surface area contributed by atoms with Gasteiger partial charge in [0.05, 0.1) is 37.3 Å². The van der Waals surface area contributed by atoms with Gasteiger partial charge in [0, 0.05) is 0 Å². The minimum atomic E-state index is -0.930. The molecule has 0 heterocycles.